The van der Waals surface area contributed by atoms with Crippen molar-refractivity contribution >= 4 is 5.97 Å². The molecule has 0 unspecified atom stereocenters. The number of ether oxygens (including phenoxy) is 2. The number of nitrogens with zero attached hydrogens (tertiary/aromatic N) is 3. The number of hydrogen-bond donors (Lipinski definition) is 0. The lowest BCUT2D eigenvalue weighted by molar-refractivity contribution is -0.145. The summed E-state index contributed by atoms with van der Waals surface area (Å²) >= 11 is 0. The number of rotatable bonds is 5. The number of carbonyl (C=O) groups excluding carboxylic acids is 1. The van der Waals surface area contributed by atoms with E-state index in [-0.39, 0.29) is 24.7 Å². The first kappa shape index (κ1) is 14.5. The lowest BCUT2D eigenvalue weighted by Crippen LogP contribution is -2.14. The SMILES string of the molecule is CCOC(=O)COc1ccn(-c2cc(F)cc(C#N)c2)n1. The first-order valence-electron chi connectivity index (χ1n) is 6.17. The van der Waals surface area contributed by atoms with Crippen LogP contribution in [0.1, 0.15) is 12.5 Å². The quantitative estimate of drug-likeness (QED) is 0.785. The number of nitriles is 1. The molecule has 7 heteroatoms. The maximum Gasteiger partial charge on any atom is 0.344 e. The molecular weight excluding hydrogens is 277 g/mol. The van der Waals surface area contributed by atoms with E-state index in [4.69, 9.17) is 14.7 Å². The maximum absolute atomic E-state index is 13.4. The summed E-state index contributed by atoms with van der Waals surface area (Å²) < 4.78 is 24.6. The smallest absolute Gasteiger partial charge is 0.344 e. The first-order valence-corrected chi connectivity index (χ1v) is 6.17. The summed E-state index contributed by atoms with van der Waals surface area (Å²) in [6.07, 6.45) is 1.54. The number of benzene rings is 1. The van der Waals surface area contributed by atoms with E-state index in [1.807, 2.05) is 6.07 Å². The largest absolute Gasteiger partial charge is 0.465 e. The summed E-state index contributed by atoms with van der Waals surface area (Å²) in [5.41, 5.74) is 0.576. The van der Waals surface area contributed by atoms with E-state index < -0.39 is 11.8 Å². The molecule has 0 atom stereocenters. The van der Waals surface area contributed by atoms with Crippen LogP contribution in [-0.4, -0.2) is 29.0 Å². The molecule has 6 nitrogen and oxygen atoms in total. The summed E-state index contributed by atoms with van der Waals surface area (Å²) in [6.45, 7) is 1.72. The van der Waals surface area contributed by atoms with Crippen molar-refractivity contribution in [3.63, 3.8) is 0 Å². The molecule has 0 saturated carbocycles. The van der Waals surface area contributed by atoms with Gasteiger partial charge in [-0.05, 0) is 25.1 Å². The van der Waals surface area contributed by atoms with Crippen molar-refractivity contribution in [3.8, 4) is 17.6 Å². The zero-order chi connectivity index (χ0) is 15.2. The van der Waals surface area contributed by atoms with Crippen LogP contribution in [0, 0.1) is 17.1 Å². The maximum atomic E-state index is 13.4. The normalized spacial score (nSPS) is 9.95. The van der Waals surface area contributed by atoms with Crippen molar-refractivity contribution in [2.45, 2.75) is 6.92 Å². The highest BCUT2D eigenvalue weighted by molar-refractivity contribution is 5.70. The lowest BCUT2D eigenvalue weighted by atomic mass is 10.2. The third-order valence-electron chi connectivity index (χ3n) is 2.48. The van der Waals surface area contributed by atoms with Crippen molar-refractivity contribution in [1.82, 2.24) is 9.78 Å². The molecule has 0 aliphatic rings. The molecule has 21 heavy (non-hydrogen) atoms. The molecule has 2 rings (SSSR count). The Hall–Kier alpha value is -2.88. The van der Waals surface area contributed by atoms with Crippen molar-refractivity contribution in [2.75, 3.05) is 13.2 Å². The molecule has 0 amide bonds. The van der Waals surface area contributed by atoms with E-state index in [9.17, 15) is 9.18 Å². The zero-order valence-corrected chi connectivity index (χ0v) is 11.2. The summed E-state index contributed by atoms with van der Waals surface area (Å²) in [7, 11) is 0. The van der Waals surface area contributed by atoms with Gasteiger partial charge in [-0.2, -0.15) is 5.26 Å². The molecule has 0 N–H and O–H groups in total. The molecule has 1 aromatic carbocycles. The van der Waals surface area contributed by atoms with Gasteiger partial charge in [-0.15, -0.1) is 5.10 Å². The molecule has 2 aromatic rings. The van der Waals surface area contributed by atoms with Gasteiger partial charge in [0.05, 0.1) is 23.9 Å². The Labute approximate surface area is 120 Å². The van der Waals surface area contributed by atoms with Crippen molar-refractivity contribution in [3.05, 3.63) is 41.8 Å². The number of carbonyl (C=O) groups is 1. The number of hydrogen-bond acceptors (Lipinski definition) is 5. The Morgan fingerprint density at radius 2 is 2.29 bits per heavy atom. The second-order valence-corrected chi connectivity index (χ2v) is 4.00. The minimum atomic E-state index is -0.534. The number of esters is 1. The van der Waals surface area contributed by atoms with Gasteiger partial charge in [-0.1, -0.05) is 0 Å². The molecule has 0 saturated heterocycles. The highest BCUT2D eigenvalue weighted by Gasteiger charge is 2.08. The van der Waals surface area contributed by atoms with E-state index in [0.29, 0.717) is 5.69 Å². The van der Waals surface area contributed by atoms with E-state index in [0.717, 1.165) is 6.07 Å². The molecule has 0 radical (unpaired) electrons. The second-order valence-electron chi connectivity index (χ2n) is 4.00. The third kappa shape index (κ3) is 3.79. The summed E-state index contributed by atoms with van der Waals surface area (Å²) in [5, 5.41) is 12.9. The fourth-order valence-electron chi connectivity index (χ4n) is 1.63. The van der Waals surface area contributed by atoms with Crippen molar-refractivity contribution in [1.29, 1.82) is 5.26 Å². The van der Waals surface area contributed by atoms with Crippen LogP contribution in [0.5, 0.6) is 5.88 Å². The van der Waals surface area contributed by atoms with Crippen LogP contribution in [0.15, 0.2) is 30.5 Å². The van der Waals surface area contributed by atoms with Gasteiger partial charge in [0.15, 0.2) is 6.61 Å². The van der Waals surface area contributed by atoms with Gasteiger partial charge in [0.25, 0.3) is 0 Å². The molecule has 0 aliphatic carbocycles. The van der Waals surface area contributed by atoms with Crippen LogP contribution in [0.25, 0.3) is 5.69 Å². The van der Waals surface area contributed by atoms with E-state index in [1.54, 1.807) is 6.92 Å². The molecule has 0 spiro atoms. The Balaban J connectivity index is 2.11. The van der Waals surface area contributed by atoms with Crippen LogP contribution >= 0.6 is 0 Å². The van der Waals surface area contributed by atoms with E-state index in [2.05, 4.69) is 5.10 Å². The van der Waals surface area contributed by atoms with E-state index in [1.165, 1.54) is 29.1 Å². The molecule has 0 bridgehead atoms. The topological polar surface area (TPSA) is 77.1 Å². The lowest BCUT2D eigenvalue weighted by Gasteiger charge is -2.03. The molecule has 0 fully saturated rings. The average Bonchev–Trinajstić information content (AvgIpc) is 2.93. The minimum Gasteiger partial charge on any atom is -0.465 e. The van der Waals surface area contributed by atoms with E-state index >= 15 is 0 Å². The highest BCUT2D eigenvalue weighted by atomic mass is 19.1. The monoisotopic (exact) mass is 289 g/mol. The van der Waals surface area contributed by atoms with Crippen LogP contribution in [0.2, 0.25) is 0 Å². The highest BCUT2D eigenvalue weighted by Crippen LogP contribution is 2.15. The van der Waals surface area contributed by atoms with Crippen LogP contribution < -0.4 is 4.74 Å². The Morgan fingerprint density at radius 3 is 3.00 bits per heavy atom. The fourth-order valence-corrected chi connectivity index (χ4v) is 1.63. The third-order valence-corrected chi connectivity index (χ3v) is 2.48. The molecule has 108 valence electrons. The Kier molecular flexibility index (Phi) is 4.51. The van der Waals surface area contributed by atoms with Crippen molar-refractivity contribution < 1.29 is 18.7 Å². The summed E-state index contributed by atoms with van der Waals surface area (Å²) in [4.78, 5) is 11.2. The van der Waals surface area contributed by atoms with Gasteiger partial charge in [-0.25, -0.2) is 13.9 Å². The Bertz CT molecular complexity index is 691. The Morgan fingerprint density at radius 1 is 1.48 bits per heavy atom. The van der Waals surface area contributed by atoms with Crippen LogP contribution in [-0.2, 0) is 9.53 Å². The van der Waals surface area contributed by atoms with Gasteiger partial charge in [0.1, 0.15) is 5.82 Å². The predicted octanol–water partition coefficient (Wildman–Crippen LogP) is 1.82. The van der Waals surface area contributed by atoms with Gasteiger partial charge in [-0.3, -0.25) is 0 Å². The molecule has 0 aliphatic heterocycles. The number of halogens is 1. The minimum absolute atomic E-state index is 0.189. The fraction of sp³-hybridized carbons (Fsp3) is 0.214. The number of aromatic nitrogens is 2. The molecule has 1 heterocycles. The molecule has 1 aromatic heterocycles. The van der Waals surface area contributed by atoms with Gasteiger partial charge >= 0.3 is 5.97 Å². The average molecular weight is 289 g/mol. The van der Waals surface area contributed by atoms with Gasteiger partial charge in [0, 0.05) is 12.3 Å². The second kappa shape index (κ2) is 6.52. The first-order chi connectivity index (χ1) is 10.1. The van der Waals surface area contributed by atoms with Crippen LogP contribution in [0.3, 0.4) is 0 Å². The predicted molar refractivity (Wildman–Crippen MR) is 70.4 cm³/mol. The summed E-state index contributed by atoms with van der Waals surface area (Å²) in [6, 6.07) is 7.25. The zero-order valence-electron chi connectivity index (χ0n) is 11.2. The van der Waals surface area contributed by atoms with Gasteiger partial charge in [0.2, 0.25) is 5.88 Å². The standard InChI is InChI=1S/C14H12FN3O3/c1-2-20-14(19)9-21-13-3-4-18(17-13)12-6-10(8-16)5-11(15)7-12/h3-7H,2,9H2,1H3. The van der Waals surface area contributed by atoms with Crippen LogP contribution in [0.4, 0.5) is 4.39 Å². The molecular formula is C14H12FN3O3. The summed E-state index contributed by atoms with van der Waals surface area (Å²) in [5.74, 6) is -0.830. The van der Waals surface area contributed by atoms with Gasteiger partial charge < -0.3 is 9.47 Å². The van der Waals surface area contributed by atoms with Crippen molar-refractivity contribution in [2.24, 2.45) is 0 Å².